The summed E-state index contributed by atoms with van der Waals surface area (Å²) in [4.78, 5) is 12.3. The van der Waals surface area contributed by atoms with E-state index in [0.717, 1.165) is 10.4 Å². The van der Waals surface area contributed by atoms with Crippen LogP contribution in [0, 0.1) is 11.8 Å². The highest BCUT2D eigenvalue weighted by molar-refractivity contribution is 7.10. The predicted molar refractivity (Wildman–Crippen MR) is 69.5 cm³/mol. The third kappa shape index (κ3) is 3.78. The topological polar surface area (TPSA) is 29.1 Å². The van der Waals surface area contributed by atoms with Crippen molar-refractivity contribution in [3.63, 3.8) is 0 Å². The average molecular weight is 241 g/mol. The molecule has 2 nitrogen and oxygen atoms in total. The van der Waals surface area contributed by atoms with Crippen molar-refractivity contribution < 1.29 is 4.79 Å². The minimum absolute atomic E-state index is 0.248. The maximum atomic E-state index is 11.4. The van der Waals surface area contributed by atoms with Gasteiger partial charge in [-0.2, -0.15) is 0 Å². The molecule has 0 bridgehead atoms. The molecule has 0 atom stereocenters. The first-order chi connectivity index (χ1) is 8.34. The molecule has 0 radical (unpaired) electrons. The lowest BCUT2D eigenvalue weighted by Gasteiger charge is -1.99. The second-order valence-electron chi connectivity index (χ2n) is 3.40. The largest absolute Gasteiger partial charge is 0.341 e. The molecule has 1 amide bonds. The molecule has 1 N–H and O–H groups in total. The Balaban J connectivity index is 1.86. The number of benzene rings is 1. The van der Waals surface area contributed by atoms with E-state index in [1.54, 1.807) is 0 Å². The van der Waals surface area contributed by atoms with Crippen LogP contribution in [0.2, 0.25) is 0 Å². The Bertz CT molecular complexity index is 535. The maximum Gasteiger partial charge on any atom is 0.296 e. The molecule has 0 saturated heterocycles. The van der Waals surface area contributed by atoms with E-state index in [4.69, 9.17) is 0 Å². The molecule has 3 heteroatoms. The molecule has 0 aliphatic carbocycles. The van der Waals surface area contributed by atoms with Crippen LogP contribution in [0.5, 0.6) is 0 Å². The van der Waals surface area contributed by atoms with Crippen molar-refractivity contribution in [2.75, 3.05) is 0 Å². The Labute approximate surface area is 104 Å². The van der Waals surface area contributed by atoms with Gasteiger partial charge in [0.15, 0.2) is 0 Å². The van der Waals surface area contributed by atoms with E-state index in [0.29, 0.717) is 6.54 Å². The first-order valence-electron chi connectivity index (χ1n) is 5.22. The number of amides is 1. The summed E-state index contributed by atoms with van der Waals surface area (Å²) in [6, 6.07) is 13.6. The van der Waals surface area contributed by atoms with Gasteiger partial charge in [0.1, 0.15) is 0 Å². The van der Waals surface area contributed by atoms with E-state index in [1.165, 1.54) is 11.3 Å². The number of hydrogen-bond acceptors (Lipinski definition) is 2. The lowest BCUT2D eigenvalue weighted by Crippen LogP contribution is -2.20. The summed E-state index contributed by atoms with van der Waals surface area (Å²) in [6.07, 6.45) is 0. The molecule has 1 heterocycles. The van der Waals surface area contributed by atoms with Crippen LogP contribution in [0.3, 0.4) is 0 Å². The lowest BCUT2D eigenvalue weighted by molar-refractivity contribution is -0.115. The SMILES string of the molecule is O=C(C#Cc1cccs1)NCc1ccccc1. The number of nitrogens with one attached hydrogen (secondary N) is 1. The highest BCUT2D eigenvalue weighted by Gasteiger charge is 1.95. The molecule has 0 aliphatic rings. The van der Waals surface area contributed by atoms with Gasteiger partial charge >= 0.3 is 0 Å². The van der Waals surface area contributed by atoms with Gasteiger partial charge in [0.05, 0.1) is 4.88 Å². The normalized spacial score (nSPS) is 9.18. The molecule has 0 saturated carbocycles. The standard InChI is InChI=1S/C14H11NOS/c16-14(9-8-13-7-4-10-17-13)15-11-12-5-2-1-3-6-12/h1-7,10H,11H2,(H,15,16). The van der Waals surface area contributed by atoms with Crippen LogP contribution in [0.25, 0.3) is 0 Å². The number of carbonyl (C=O) groups excluding carboxylic acids is 1. The number of hydrogen-bond donors (Lipinski definition) is 1. The molecule has 84 valence electrons. The van der Waals surface area contributed by atoms with E-state index < -0.39 is 0 Å². The van der Waals surface area contributed by atoms with Gasteiger partial charge in [-0.1, -0.05) is 36.4 Å². The molecule has 1 aromatic carbocycles. The smallest absolute Gasteiger partial charge is 0.296 e. The third-order valence-electron chi connectivity index (χ3n) is 2.12. The van der Waals surface area contributed by atoms with Crippen LogP contribution in [0.4, 0.5) is 0 Å². The molecule has 17 heavy (non-hydrogen) atoms. The Morgan fingerprint density at radius 1 is 1.18 bits per heavy atom. The zero-order chi connectivity index (χ0) is 11.9. The van der Waals surface area contributed by atoms with Crippen molar-refractivity contribution >= 4 is 17.2 Å². The van der Waals surface area contributed by atoms with Crippen LogP contribution in [0.1, 0.15) is 10.4 Å². The van der Waals surface area contributed by atoms with Crippen molar-refractivity contribution in [3.05, 3.63) is 58.3 Å². The van der Waals surface area contributed by atoms with Gasteiger partial charge in [0.2, 0.25) is 0 Å². The number of rotatable bonds is 2. The Morgan fingerprint density at radius 3 is 2.71 bits per heavy atom. The van der Waals surface area contributed by atoms with Crippen LogP contribution in [-0.4, -0.2) is 5.91 Å². The van der Waals surface area contributed by atoms with Gasteiger partial charge in [-0.25, -0.2) is 0 Å². The highest BCUT2D eigenvalue weighted by atomic mass is 32.1. The van der Waals surface area contributed by atoms with Crippen LogP contribution < -0.4 is 5.32 Å². The Hall–Kier alpha value is -2.05. The van der Waals surface area contributed by atoms with Crippen molar-refractivity contribution in [3.8, 4) is 11.8 Å². The highest BCUT2D eigenvalue weighted by Crippen LogP contribution is 2.05. The summed E-state index contributed by atoms with van der Waals surface area (Å²) in [5.74, 6) is 5.13. The van der Waals surface area contributed by atoms with Gasteiger partial charge in [-0.3, -0.25) is 4.79 Å². The van der Waals surface area contributed by atoms with Crippen molar-refractivity contribution in [2.45, 2.75) is 6.54 Å². The molecule has 0 fully saturated rings. The van der Waals surface area contributed by atoms with E-state index >= 15 is 0 Å². The molecular formula is C14H11NOS. The summed E-state index contributed by atoms with van der Waals surface area (Å²) in [5, 5.41) is 4.69. The minimum atomic E-state index is -0.248. The Kier molecular flexibility index (Phi) is 3.95. The quantitative estimate of drug-likeness (QED) is 0.804. The molecule has 0 spiro atoms. The fraction of sp³-hybridized carbons (Fsp3) is 0.0714. The number of carbonyl (C=O) groups is 1. The third-order valence-corrected chi connectivity index (χ3v) is 2.90. The second-order valence-corrected chi connectivity index (χ2v) is 4.34. The van der Waals surface area contributed by atoms with Crippen LogP contribution >= 0.6 is 11.3 Å². The van der Waals surface area contributed by atoms with E-state index in [-0.39, 0.29) is 5.91 Å². The molecule has 1 aromatic heterocycles. The first-order valence-corrected chi connectivity index (χ1v) is 6.10. The summed E-state index contributed by atoms with van der Waals surface area (Å²) in [5.41, 5.74) is 1.07. The minimum Gasteiger partial charge on any atom is -0.341 e. The fourth-order valence-electron chi connectivity index (χ4n) is 1.29. The Morgan fingerprint density at radius 2 is 2.00 bits per heavy atom. The van der Waals surface area contributed by atoms with E-state index in [1.807, 2.05) is 47.8 Å². The van der Waals surface area contributed by atoms with Gasteiger partial charge < -0.3 is 5.32 Å². The molecule has 0 unspecified atom stereocenters. The fourth-order valence-corrected chi connectivity index (χ4v) is 1.86. The lowest BCUT2D eigenvalue weighted by atomic mass is 10.2. The summed E-state index contributed by atoms with van der Waals surface area (Å²) >= 11 is 1.53. The second kappa shape index (κ2) is 5.88. The van der Waals surface area contributed by atoms with Crippen molar-refractivity contribution in [1.82, 2.24) is 5.32 Å². The summed E-state index contributed by atoms with van der Waals surface area (Å²) < 4.78 is 0. The van der Waals surface area contributed by atoms with Crippen LogP contribution in [-0.2, 0) is 11.3 Å². The predicted octanol–water partition coefficient (Wildman–Crippen LogP) is 2.42. The van der Waals surface area contributed by atoms with Gasteiger partial charge in [-0.15, -0.1) is 11.3 Å². The molecule has 2 aromatic rings. The van der Waals surface area contributed by atoms with E-state index in [2.05, 4.69) is 17.2 Å². The van der Waals surface area contributed by atoms with Crippen LogP contribution in [0.15, 0.2) is 47.8 Å². The van der Waals surface area contributed by atoms with Gasteiger partial charge in [0, 0.05) is 12.5 Å². The van der Waals surface area contributed by atoms with Crippen molar-refractivity contribution in [2.24, 2.45) is 0 Å². The number of thiophene rings is 1. The molecule has 0 aliphatic heterocycles. The first kappa shape index (κ1) is 11.4. The monoisotopic (exact) mass is 241 g/mol. The van der Waals surface area contributed by atoms with Gasteiger partial charge in [0.25, 0.3) is 5.91 Å². The average Bonchev–Trinajstić information content (AvgIpc) is 2.88. The summed E-state index contributed by atoms with van der Waals surface area (Å²) in [6.45, 7) is 0.513. The molecular weight excluding hydrogens is 230 g/mol. The molecule has 2 rings (SSSR count). The zero-order valence-corrected chi connectivity index (χ0v) is 9.96. The zero-order valence-electron chi connectivity index (χ0n) is 9.14. The maximum absolute atomic E-state index is 11.4. The van der Waals surface area contributed by atoms with Gasteiger partial charge in [-0.05, 0) is 22.9 Å². The van der Waals surface area contributed by atoms with E-state index in [9.17, 15) is 4.79 Å². The summed E-state index contributed by atoms with van der Waals surface area (Å²) in [7, 11) is 0. The van der Waals surface area contributed by atoms with Crippen molar-refractivity contribution in [1.29, 1.82) is 0 Å².